The number of rotatable bonds is 5. The van der Waals surface area contributed by atoms with Crippen molar-refractivity contribution in [1.82, 2.24) is 0 Å². The lowest BCUT2D eigenvalue weighted by Gasteiger charge is -2.03. The van der Waals surface area contributed by atoms with Crippen LogP contribution in [0.4, 0.5) is 5.00 Å². The van der Waals surface area contributed by atoms with Gasteiger partial charge in [0.2, 0.25) is 5.91 Å². The number of thiophene rings is 1. The van der Waals surface area contributed by atoms with E-state index in [1.54, 1.807) is 23.2 Å². The number of hydrogen-bond donors (Lipinski definition) is 1. The summed E-state index contributed by atoms with van der Waals surface area (Å²) < 4.78 is 0. The third-order valence-corrected chi connectivity index (χ3v) is 4.55. The van der Waals surface area contributed by atoms with E-state index in [9.17, 15) is 4.79 Å². The Labute approximate surface area is 130 Å². The molecule has 0 aliphatic rings. The molecule has 1 aromatic heterocycles. The number of halogens is 1. The fourth-order valence-electron chi connectivity index (χ4n) is 1.48. The highest BCUT2D eigenvalue weighted by molar-refractivity contribution is 7.99. The van der Waals surface area contributed by atoms with Gasteiger partial charge in [-0.15, -0.1) is 23.1 Å². The molecule has 0 aliphatic heterocycles. The molecule has 2 rings (SSSR count). The molecule has 0 spiro atoms. The Kier molecular flexibility index (Phi) is 5.48. The first-order valence-electron chi connectivity index (χ1n) is 5.85. The second-order valence-electron chi connectivity index (χ2n) is 3.88. The number of anilines is 1. The monoisotopic (exact) mass is 322 g/mol. The lowest BCUT2D eigenvalue weighted by molar-refractivity contribution is -0.115. The Bertz CT molecular complexity index is 631. The van der Waals surface area contributed by atoms with Gasteiger partial charge in [-0.3, -0.25) is 4.79 Å². The molecule has 0 saturated carbocycles. The zero-order valence-electron chi connectivity index (χ0n) is 10.4. The summed E-state index contributed by atoms with van der Waals surface area (Å²) in [5, 5.41) is 14.7. The molecule has 102 valence electrons. The van der Waals surface area contributed by atoms with Gasteiger partial charge in [0.05, 0.1) is 5.56 Å². The van der Waals surface area contributed by atoms with Gasteiger partial charge < -0.3 is 5.32 Å². The summed E-state index contributed by atoms with van der Waals surface area (Å²) in [6, 6.07) is 11.3. The largest absolute Gasteiger partial charge is 0.317 e. The summed E-state index contributed by atoms with van der Waals surface area (Å²) >= 11 is 8.76. The van der Waals surface area contributed by atoms with Crippen LogP contribution in [0.3, 0.4) is 0 Å². The van der Waals surface area contributed by atoms with Gasteiger partial charge in [-0.05, 0) is 35.7 Å². The first-order valence-corrected chi connectivity index (χ1v) is 8.09. The topological polar surface area (TPSA) is 52.9 Å². The van der Waals surface area contributed by atoms with Gasteiger partial charge in [0.1, 0.15) is 11.1 Å². The summed E-state index contributed by atoms with van der Waals surface area (Å²) in [7, 11) is 0. The molecule has 0 unspecified atom stereocenters. The molecule has 0 fully saturated rings. The van der Waals surface area contributed by atoms with Gasteiger partial charge in [0, 0.05) is 22.1 Å². The minimum Gasteiger partial charge on any atom is -0.317 e. The van der Waals surface area contributed by atoms with E-state index in [1.165, 1.54) is 11.3 Å². The Morgan fingerprint density at radius 2 is 2.10 bits per heavy atom. The van der Waals surface area contributed by atoms with E-state index in [4.69, 9.17) is 16.9 Å². The number of nitrogens with one attached hydrogen (secondary N) is 1. The van der Waals surface area contributed by atoms with Gasteiger partial charge in [-0.2, -0.15) is 5.26 Å². The number of carbonyl (C=O) groups excluding carboxylic acids is 1. The molecular weight excluding hydrogens is 312 g/mol. The van der Waals surface area contributed by atoms with Crippen LogP contribution in [-0.4, -0.2) is 11.7 Å². The summed E-state index contributed by atoms with van der Waals surface area (Å²) in [5.41, 5.74) is 0.508. The minimum absolute atomic E-state index is 0.0783. The van der Waals surface area contributed by atoms with Crippen LogP contribution >= 0.6 is 34.7 Å². The second-order valence-corrected chi connectivity index (χ2v) is 6.40. The van der Waals surface area contributed by atoms with E-state index < -0.39 is 0 Å². The van der Waals surface area contributed by atoms with Crippen LogP contribution < -0.4 is 5.32 Å². The van der Waals surface area contributed by atoms with Crippen molar-refractivity contribution < 1.29 is 4.79 Å². The molecule has 6 heteroatoms. The van der Waals surface area contributed by atoms with Crippen LogP contribution in [0.1, 0.15) is 12.0 Å². The zero-order valence-corrected chi connectivity index (χ0v) is 12.8. The molecule has 0 saturated heterocycles. The fraction of sp³-hybridized carbons (Fsp3) is 0.143. The maximum atomic E-state index is 11.8. The van der Waals surface area contributed by atoms with E-state index in [2.05, 4.69) is 5.32 Å². The van der Waals surface area contributed by atoms with Crippen molar-refractivity contribution in [2.24, 2.45) is 0 Å². The average Bonchev–Trinajstić information content (AvgIpc) is 2.88. The molecule has 1 aromatic carbocycles. The van der Waals surface area contributed by atoms with Crippen molar-refractivity contribution in [3.8, 4) is 6.07 Å². The molecule has 0 radical (unpaired) electrons. The molecule has 0 bridgehead atoms. The quantitative estimate of drug-likeness (QED) is 0.830. The first-order chi connectivity index (χ1) is 9.69. The van der Waals surface area contributed by atoms with Crippen molar-refractivity contribution in [3.63, 3.8) is 0 Å². The Hall–Kier alpha value is -1.48. The molecule has 1 N–H and O–H groups in total. The third-order valence-electron chi connectivity index (χ3n) is 2.45. The third kappa shape index (κ3) is 4.27. The maximum Gasteiger partial charge on any atom is 0.225 e. The van der Waals surface area contributed by atoms with Crippen LogP contribution in [0, 0.1) is 11.3 Å². The maximum absolute atomic E-state index is 11.8. The summed E-state index contributed by atoms with van der Waals surface area (Å²) in [4.78, 5) is 12.9. The van der Waals surface area contributed by atoms with Crippen molar-refractivity contribution in [3.05, 3.63) is 46.3 Å². The van der Waals surface area contributed by atoms with Crippen molar-refractivity contribution in [2.75, 3.05) is 11.1 Å². The highest BCUT2D eigenvalue weighted by Gasteiger charge is 2.08. The van der Waals surface area contributed by atoms with Gasteiger partial charge in [-0.1, -0.05) is 11.6 Å². The first kappa shape index (κ1) is 14.9. The smallest absolute Gasteiger partial charge is 0.225 e. The van der Waals surface area contributed by atoms with Gasteiger partial charge in [0.25, 0.3) is 0 Å². The summed E-state index contributed by atoms with van der Waals surface area (Å²) in [6.07, 6.45) is 0.399. The lowest BCUT2D eigenvalue weighted by Crippen LogP contribution is -2.11. The van der Waals surface area contributed by atoms with E-state index in [1.807, 2.05) is 30.3 Å². The van der Waals surface area contributed by atoms with Gasteiger partial charge in [0.15, 0.2) is 0 Å². The number of carbonyl (C=O) groups is 1. The molecule has 0 atom stereocenters. The minimum atomic E-state index is -0.0783. The predicted octanol–water partition coefficient (Wildman–Crippen LogP) is 4.39. The number of benzene rings is 1. The number of amides is 1. The molecule has 3 nitrogen and oxygen atoms in total. The molecule has 2 aromatic rings. The zero-order chi connectivity index (χ0) is 14.4. The Balaban J connectivity index is 1.78. The lowest BCUT2D eigenvalue weighted by atomic mass is 10.3. The SMILES string of the molecule is N#Cc1ccsc1NC(=O)CCSc1ccc(Cl)cc1. The molecule has 1 amide bonds. The average molecular weight is 323 g/mol. The van der Waals surface area contributed by atoms with E-state index in [0.717, 1.165) is 4.90 Å². The molecular formula is C14H11ClN2OS2. The Morgan fingerprint density at radius 3 is 2.80 bits per heavy atom. The second kappa shape index (κ2) is 7.34. The normalized spacial score (nSPS) is 10.0. The standard InChI is InChI=1S/C14H11ClN2OS2/c15-11-1-3-12(4-2-11)19-8-6-13(18)17-14-10(9-16)5-7-20-14/h1-5,7H,6,8H2,(H,17,18). The number of thioether (sulfide) groups is 1. The number of hydrogen-bond acceptors (Lipinski definition) is 4. The number of nitrogens with zero attached hydrogens (tertiary/aromatic N) is 1. The van der Waals surface area contributed by atoms with Crippen molar-refractivity contribution in [2.45, 2.75) is 11.3 Å². The molecule has 20 heavy (non-hydrogen) atoms. The number of nitriles is 1. The van der Waals surface area contributed by atoms with Crippen LogP contribution in [-0.2, 0) is 4.79 Å². The summed E-state index contributed by atoms with van der Waals surface area (Å²) in [5.74, 6) is 0.603. The predicted molar refractivity (Wildman–Crippen MR) is 84.5 cm³/mol. The van der Waals surface area contributed by atoms with Crippen molar-refractivity contribution in [1.29, 1.82) is 5.26 Å². The van der Waals surface area contributed by atoms with Gasteiger partial charge in [-0.25, -0.2) is 0 Å². The van der Waals surface area contributed by atoms with Crippen LogP contribution in [0.2, 0.25) is 5.02 Å². The highest BCUT2D eigenvalue weighted by Crippen LogP contribution is 2.23. The van der Waals surface area contributed by atoms with E-state index in [0.29, 0.717) is 27.8 Å². The van der Waals surface area contributed by atoms with Crippen molar-refractivity contribution >= 4 is 45.6 Å². The van der Waals surface area contributed by atoms with E-state index in [-0.39, 0.29) is 5.91 Å². The molecule has 0 aliphatic carbocycles. The Morgan fingerprint density at radius 1 is 1.35 bits per heavy atom. The van der Waals surface area contributed by atoms with Crippen LogP contribution in [0.15, 0.2) is 40.6 Å². The van der Waals surface area contributed by atoms with Gasteiger partial charge >= 0.3 is 0 Å². The fourth-order valence-corrected chi connectivity index (χ4v) is 3.21. The molecule has 1 heterocycles. The highest BCUT2D eigenvalue weighted by atomic mass is 35.5. The van der Waals surface area contributed by atoms with Crippen LogP contribution in [0.25, 0.3) is 0 Å². The van der Waals surface area contributed by atoms with E-state index >= 15 is 0 Å². The summed E-state index contributed by atoms with van der Waals surface area (Å²) in [6.45, 7) is 0. The van der Waals surface area contributed by atoms with Crippen LogP contribution in [0.5, 0.6) is 0 Å².